The van der Waals surface area contributed by atoms with Gasteiger partial charge in [-0.2, -0.15) is 0 Å². The van der Waals surface area contributed by atoms with Gasteiger partial charge in [-0.05, 0) is 25.1 Å². The average Bonchev–Trinajstić information content (AvgIpc) is 3.09. The van der Waals surface area contributed by atoms with E-state index < -0.39 is 17.7 Å². The van der Waals surface area contributed by atoms with Crippen molar-refractivity contribution < 1.29 is 18.3 Å². The van der Waals surface area contributed by atoms with Crippen LogP contribution in [0.4, 0.5) is 8.78 Å². The molecule has 1 saturated heterocycles. The van der Waals surface area contributed by atoms with Crippen LogP contribution in [0.1, 0.15) is 18.1 Å². The average molecular weight is 369 g/mol. The summed E-state index contributed by atoms with van der Waals surface area (Å²) in [5.41, 5.74) is 0.644. The number of hydrogen-bond acceptors (Lipinski definition) is 3. The van der Waals surface area contributed by atoms with E-state index in [2.05, 4.69) is 10.6 Å². The Kier molecular flexibility index (Phi) is 6.73. The number of rotatable bonds is 5. The summed E-state index contributed by atoms with van der Waals surface area (Å²) in [7, 11) is 0. The molecule has 25 heavy (non-hydrogen) atoms. The van der Waals surface area contributed by atoms with E-state index in [1.54, 1.807) is 24.3 Å². The minimum absolute atomic E-state index is 0. The van der Waals surface area contributed by atoms with Gasteiger partial charge in [-0.1, -0.05) is 30.3 Å². The Morgan fingerprint density at radius 2 is 1.92 bits per heavy atom. The second-order valence-electron chi connectivity index (χ2n) is 5.68. The highest BCUT2D eigenvalue weighted by atomic mass is 35.5. The quantitative estimate of drug-likeness (QED) is 0.853. The van der Waals surface area contributed by atoms with Crippen LogP contribution in [0, 0.1) is 11.6 Å². The van der Waals surface area contributed by atoms with Crippen molar-refractivity contribution >= 4 is 18.3 Å². The third-order valence-corrected chi connectivity index (χ3v) is 3.89. The first-order valence-corrected chi connectivity index (χ1v) is 7.81. The maximum absolute atomic E-state index is 13.4. The lowest BCUT2D eigenvalue weighted by Crippen LogP contribution is -2.40. The molecular formula is C18H19ClF2N2O2. The van der Waals surface area contributed by atoms with Crippen molar-refractivity contribution in [3.8, 4) is 5.75 Å². The van der Waals surface area contributed by atoms with E-state index in [-0.39, 0.29) is 30.1 Å². The molecule has 1 aliphatic heterocycles. The van der Waals surface area contributed by atoms with Crippen molar-refractivity contribution in [3.63, 3.8) is 0 Å². The van der Waals surface area contributed by atoms with Crippen LogP contribution in [-0.4, -0.2) is 25.0 Å². The number of carbonyl (C=O) groups is 1. The molecule has 2 atom stereocenters. The molecule has 1 heterocycles. The van der Waals surface area contributed by atoms with Gasteiger partial charge in [0.05, 0.1) is 0 Å². The number of ether oxygens (including phenoxy) is 1. The van der Waals surface area contributed by atoms with E-state index in [1.165, 1.54) is 6.07 Å². The molecule has 0 bridgehead atoms. The predicted octanol–water partition coefficient (Wildman–Crippen LogP) is 2.98. The van der Waals surface area contributed by atoms with E-state index in [4.69, 9.17) is 4.74 Å². The molecule has 3 rings (SSSR count). The highest BCUT2D eigenvalue weighted by Crippen LogP contribution is 2.24. The molecule has 1 fully saturated rings. The molecule has 134 valence electrons. The summed E-state index contributed by atoms with van der Waals surface area (Å²) >= 11 is 0. The van der Waals surface area contributed by atoms with Gasteiger partial charge in [0.2, 0.25) is 6.10 Å². The smallest absolute Gasteiger partial charge is 0.266 e. The number of halogens is 3. The van der Waals surface area contributed by atoms with Crippen LogP contribution in [0.2, 0.25) is 0 Å². The van der Waals surface area contributed by atoms with Crippen LogP contribution in [0.25, 0.3) is 0 Å². The molecule has 4 nitrogen and oxygen atoms in total. The Bertz CT molecular complexity index is 709. The fraction of sp³-hybridized carbons (Fsp3) is 0.278. The molecule has 0 spiro atoms. The molecule has 1 aliphatic rings. The van der Waals surface area contributed by atoms with E-state index in [9.17, 15) is 13.6 Å². The molecule has 7 heteroatoms. The zero-order valence-electron chi connectivity index (χ0n) is 13.4. The number of hydrogen-bond donors (Lipinski definition) is 2. The van der Waals surface area contributed by atoms with Crippen molar-refractivity contribution in [2.45, 2.75) is 18.6 Å². The van der Waals surface area contributed by atoms with Crippen LogP contribution < -0.4 is 15.4 Å². The summed E-state index contributed by atoms with van der Waals surface area (Å²) < 4.78 is 32.1. The fourth-order valence-electron chi connectivity index (χ4n) is 2.64. The normalized spacial score (nSPS) is 17.4. The first kappa shape index (κ1) is 19.1. The van der Waals surface area contributed by atoms with Crippen molar-refractivity contribution in [1.29, 1.82) is 0 Å². The number of carbonyl (C=O) groups excluding carboxylic acids is 1. The van der Waals surface area contributed by atoms with Gasteiger partial charge < -0.3 is 15.4 Å². The standard InChI is InChI=1S/C18H18F2N2O2.ClH/c19-15-7-6-14(10-16(15)20)24-17(12-4-2-1-3-5-12)18(23)22-13-8-9-21-11-13;/h1-7,10,13,17,21H,8-9,11H2,(H,22,23);1H. The van der Waals surface area contributed by atoms with E-state index >= 15 is 0 Å². The molecule has 0 aliphatic carbocycles. The Labute approximate surface area is 151 Å². The lowest BCUT2D eigenvalue weighted by atomic mass is 10.1. The van der Waals surface area contributed by atoms with Crippen LogP contribution in [0.15, 0.2) is 48.5 Å². The first-order chi connectivity index (χ1) is 11.6. The SMILES string of the molecule is Cl.O=C(NC1CCNC1)C(Oc1ccc(F)c(F)c1)c1ccccc1. The van der Waals surface area contributed by atoms with Crippen LogP contribution in [-0.2, 0) is 4.79 Å². The Balaban J connectivity index is 0.00000225. The van der Waals surface area contributed by atoms with Gasteiger partial charge in [-0.3, -0.25) is 4.79 Å². The summed E-state index contributed by atoms with van der Waals surface area (Å²) in [4.78, 5) is 12.6. The molecule has 2 aromatic carbocycles. The largest absolute Gasteiger partial charge is 0.476 e. The first-order valence-electron chi connectivity index (χ1n) is 7.81. The minimum Gasteiger partial charge on any atom is -0.476 e. The van der Waals surface area contributed by atoms with Gasteiger partial charge in [0.25, 0.3) is 5.91 Å². The van der Waals surface area contributed by atoms with Crippen LogP contribution in [0.3, 0.4) is 0 Å². The second kappa shape index (κ2) is 8.78. The van der Waals surface area contributed by atoms with Crippen molar-refractivity contribution in [2.24, 2.45) is 0 Å². The fourth-order valence-corrected chi connectivity index (χ4v) is 2.64. The Morgan fingerprint density at radius 1 is 1.16 bits per heavy atom. The van der Waals surface area contributed by atoms with Crippen molar-refractivity contribution in [3.05, 3.63) is 65.7 Å². The monoisotopic (exact) mass is 368 g/mol. The zero-order chi connectivity index (χ0) is 16.9. The van der Waals surface area contributed by atoms with Crippen molar-refractivity contribution in [1.82, 2.24) is 10.6 Å². The summed E-state index contributed by atoms with van der Waals surface area (Å²) in [6, 6.07) is 12.2. The molecule has 2 unspecified atom stereocenters. The predicted molar refractivity (Wildman–Crippen MR) is 92.8 cm³/mol. The molecule has 1 amide bonds. The molecule has 2 aromatic rings. The minimum atomic E-state index is -1.01. The highest BCUT2D eigenvalue weighted by molar-refractivity contribution is 5.85. The highest BCUT2D eigenvalue weighted by Gasteiger charge is 2.26. The molecule has 0 saturated carbocycles. The summed E-state index contributed by atoms with van der Waals surface area (Å²) in [5.74, 6) is -2.18. The Morgan fingerprint density at radius 3 is 2.56 bits per heavy atom. The van der Waals surface area contributed by atoms with Crippen LogP contribution >= 0.6 is 12.4 Å². The number of benzene rings is 2. The van der Waals surface area contributed by atoms with E-state index in [0.29, 0.717) is 12.1 Å². The van der Waals surface area contributed by atoms with Gasteiger partial charge in [-0.25, -0.2) is 8.78 Å². The lowest BCUT2D eigenvalue weighted by molar-refractivity contribution is -0.128. The van der Waals surface area contributed by atoms with Gasteiger partial charge in [-0.15, -0.1) is 12.4 Å². The molecule has 0 aromatic heterocycles. The maximum Gasteiger partial charge on any atom is 0.266 e. The van der Waals surface area contributed by atoms with E-state index in [0.717, 1.165) is 25.1 Å². The molecule has 2 N–H and O–H groups in total. The van der Waals surface area contributed by atoms with Gasteiger partial charge in [0.1, 0.15) is 5.75 Å². The van der Waals surface area contributed by atoms with Crippen LogP contribution in [0.5, 0.6) is 5.75 Å². The maximum atomic E-state index is 13.4. The summed E-state index contributed by atoms with van der Waals surface area (Å²) in [5, 5.41) is 6.10. The van der Waals surface area contributed by atoms with Gasteiger partial charge in [0, 0.05) is 24.2 Å². The summed E-state index contributed by atoms with van der Waals surface area (Å²) in [6.45, 7) is 1.56. The second-order valence-corrected chi connectivity index (χ2v) is 5.68. The van der Waals surface area contributed by atoms with Crippen molar-refractivity contribution in [2.75, 3.05) is 13.1 Å². The van der Waals surface area contributed by atoms with Gasteiger partial charge in [0.15, 0.2) is 11.6 Å². The van der Waals surface area contributed by atoms with E-state index in [1.807, 2.05) is 6.07 Å². The number of nitrogens with one attached hydrogen (secondary N) is 2. The Hall–Kier alpha value is -2.18. The summed E-state index contributed by atoms with van der Waals surface area (Å²) in [6.07, 6.45) is -0.0880. The third kappa shape index (κ3) is 4.90. The molecule has 0 radical (unpaired) electrons. The number of amides is 1. The topological polar surface area (TPSA) is 50.4 Å². The third-order valence-electron chi connectivity index (χ3n) is 3.89. The zero-order valence-corrected chi connectivity index (χ0v) is 14.2. The lowest BCUT2D eigenvalue weighted by Gasteiger charge is -2.21. The van der Waals surface area contributed by atoms with Gasteiger partial charge >= 0.3 is 0 Å². The molecular weight excluding hydrogens is 350 g/mol.